The third-order valence-corrected chi connectivity index (χ3v) is 5.09. The molecule has 1 N–H and O–H groups in total. The summed E-state index contributed by atoms with van der Waals surface area (Å²) in [5.41, 5.74) is -2.16. The Bertz CT molecular complexity index is 1210. The van der Waals surface area contributed by atoms with Gasteiger partial charge in [-0.15, -0.1) is 5.10 Å². The van der Waals surface area contributed by atoms with Gasteiger partial charge in [-0.25, -0.2) is 31.9 Å². The molecule has 2 heterocycles. The van der Waals surface area contributed by atoms with E-state index in [4.69, 9.17) is 0 Å². The fraction of sp³-hybridized carbons (Fsp3) is 0.200. The van der Waals surface area contributed by atoms with Gasteiger partial charge in [0.2, 0.25) is 0 Å². The van der Waals surface area contributed by atoms with Crippen molar-refractivity contribution in [3.63, 3.8) is 0 Å². The minimum Gasteiger partial charge on any atom is -0.382 e. The van der Waals surface area contributed by atoms with Crippen molar-refractivity contribution in [2.45, 2.75) is 25.0 Å². The summed E-state index contributed by atoms with van der Waals surface area (Å²) in [5, 5.41) is 23.3. The molecule has 160 valence electrons. The van der Waals surface area contributed by atoms with Crippen LogP contribution in [0, 0.1) is 23.3 Å². The Morgan fingerprint density at radius 1 is 1.03 bits per heavy atom. The molecule has 0 spiro atoms. The Kier molecular flexibility index (Phi) is 5.27. The summed E-state index contributed by atoms with van der Waals surface area (Å²) in [6.07, 6.45) is 3.88. The number of benzene rings is 2. The molecule has 0 aliphatic heterocycles. The lowest BCUT2D eigenvalue weighted by Gasteiger charge is -2.33. The van der Waals surface area contributed by atoms with Crippen molar-refractivity contribution in [3.05, 3.63) is 89.8 Å². The molecule has 2 aromatic carbocycles. The first kappa shape index (κ1) is 20.7. The highest BCUT2D eigenvalue weighted by Crippen LogP contribution is 2.39. The molecule has 0 saturated carbocycles. The largest absolute Gasteiger partial charge is 0.382 e. The minimum absolute atomic E-state index is 0.162. The molecule has 4 aromatic rings. The Balaban J connectivity index is 1.77. The molecule has 31 heavy (non-hydrogen) atoms. The highest BCUT2D eigenvalue weighted by molar-refractivity contribution is 5.34. The number of hydrogen-bond acceptors (Lipinski definition) is 5. The molecular formula is C20H16F4N6O. The van der Waals surface area contributed by atoms with Crippen LogP contribution in [0.1, 0.15) is 24.1 Å². The fourth-order valence-corrected chi connectivity index (χ4v) is 3.36. The summed E-state index contributed by atoms with van der Waals surface area (Å²) in [5.74, 6) is -4.07. The topological polar surface area (TPSA) is 81.6 Å². The van der Waals surface area contributed by atoms with Gasteiger partial charge in [0.05, 0.1) is 18.4 Å². The van der Waals surface area contributed by atoms with Crippen LogP contribution in [0.15, 0.2) is 55.2 Å². The van der Waals surface area contributed by atoms with E-state index in [-0.39, 0.29) is 23.5 Å². The molecule has 0 amide bonds. The molecule has 7 nitrogen and oxygen atoms in total. The first-order chi connectivity index (χ1) is 14.8. The molecule has 0 fully saturated rings. The number of halogens is 4. The Morgan fingerprint density at radius 3 is 2.48 bits per heavy atom. The third-order valence-electron chi connectivity index (χ3n) is 5.09. The molecule has 4 rings (SSSR count). The van der Waals surface area contributed by atoms with E-state index in [9.17, 15) is 22.7 Å². The maximum absolute atomic E-state index is 14.6. The van der Waals surface area contributed by atoms with Crippen LogP contribution >= 0.6 is 0 Å². The molecule has 0 bridgehead atoms. The van der Waals surface area contributed by atoms with Crippen molar-refractivity contribution in [1.29, 1.82) is 0 Å². The van der Waals surface area contributed by atoms with E-state index in [0.717, 1.165) is 35.0 Å². The lowest BCUT2D eigenvalue weighted by atomic mass is 9.80. The fourth-order valence-electron chi connectivity index (χ4n) is 3.36. The minimum atomic E-state index is -1.95. The van der Waals surface area contributed by atoms with Crippen LogP contribution in [0.3, 0.4) is 0 Å². The van der Waals surface area contributed by atoms with Crippen molar-refractivity contribution in [3.8, 4) is 5.69 Å². The van der Waals surface area contributed by atoms with E-state index in [0.29, 0.717) is 6.07 Å². The van der Waals surface area contributed by atoms with Crippen LogP contribution in [-0.2, 0) is 12.1 Å². The predicted molar refractivity (Wildman–Crippen MR) is 100.0 cm³/mol. The second-order valence-corrected chi connectivity index (χ2v) is 7.05. The van der Waals surface area contributed by atoms with Crippen LogP contribution in [0.4, 0.5) is 17.6 Å². The average Bonchev–Trinajstić information content (AvgIpc) is 3.41. The molecule has 0 radical (unpaired) electrons. The molecule has 0 unspecified atom stereocenters. The Morgan fingerprint density at radius 2 is 1.77 bits per heavy atom. The quantitative estimate of drug-likeness (QED) is 0.474. The maximum atomic E-state index is 14.6. The highest BCUT2D eigenvalue weighted by atomic mass is 19.1. The molecule has 0 saturated heterocycles. The van der Waals surface area contributed by atoms with Crippen LogP contribution in [0.5, 0.6) is 0 Å². The number of hydrogen-bond donors (Lipinski definition) is 1. The summed E-state index contributed by atoms with van der Waals surface area (Å²) in [4.78, 5) is 3.81. The summed E-state index contributed by atoms with van der Waals surface area (Å²) in [6.45, 7) is 1.31. The first-order valence-electron chi connectivity index (χ1n) is 9.16. The number of aliphatic hydroxyl groups is 1. The van der Waals surface area contributed by atoms with Crippen molar-refractivity contribution in [2.24, 2.45) is 0 Å². The lowest BCUT2D eigenvalue weighted by molar-refractivity contribution is -0.0123. The van der Waals surface area contributed by atoms with E-state index in [2.05, 4.69) is 20.4 Å². The summed E-state index contributed by atoms with van der Waals surface area (Å²) in [6, 6.07) is 5.68. The van der Waals surface area contributed by atoms with Crippen molar-refractivity contribution >= 4 is 0 Å². The van der Waals surface area contributed by atoms with Gasteiger partial charge in [-0.3, -0.25) is 0 Å². The van der Waals surface area contributed by atoms with Gasteiger partial charge in [0.1, 0.15) is 47.2 Å². The SMILES string of the molecule is C[C@@H](c1cn(-c2cc(F)ccc2F)nn1)[C@](O)(Cn1cncn1)c1ccc(F)cc1F. The number of rotatable bonds is 6. The van der Waals surface area contributed by atoms with Crippen LogP contribution in [-0.4, -0.2) is 34.9 Å². The average molecular weight is 432 g/mol. The zero-order chi connectivity index (χ0) is 22.2. The zero-order valence-corrected chi connectivity index (χ0v) is 16.1. The Labute approximate surface area is 173 Å². The van der Waals surface area contributed by atoms with Gasteiger partial charge in [-0.1, -0.05) is 18.2 Å². The molecular weight excluding hydrogens is 416 g/mol. The summed E-state index contributed by atoms with van der Waals surface area (Å²) in [7, 11) is 0. The highest BCUT2D eigenvalue weighted by Gasteiger charge is 2.41. The number of aromatic nitrogens is 6. The van der Waals surface area contributed by atoms with Crippen LogP contribution < -0.4 is 0 Å². The molecule has 11 heteroatoms. The monoisotopic (exact) mass is 432 g/mol. The van der Waals surface area contributed by atoms with Gasteiger partial charge < -0.3 is 5.11 Å². The lowest BCUT2D eigenvalue weighted by Crippen LogP contribution is -2.38. The van der Waals surface area contributed by atoms with Crippen LogP contribution in [0.25, 0.3) is 5.69 Å². The smallest absolute Gasteiger partial charge is 0.149 e. The zero-order valence-electron chi connectivity index (χ0n) is 16.1. The van der Waals surface area contributed by atoms with Gasteiger partial charge in [-0.2, -0.15) is 5.10 Å². The van der Waals surface area contributed by atoms with Crippen LogP contribution in [0.2, 0.25) is 0 Å². The van der Waals surface area contributed by atoms with E-state index < -0.39 is 34.8 Å². The first-order valence-corrected chi connectivity index (χ1v) is 9.16. The van der Waals surface area contributed by atoms with Gasteiger partial charge in [0, 0.05) is 23.6 Å². The summed E-state index contributed by atoms with van der Waals surface area (Å²) >= 11 is 0. The predicted octanol–water partition coefficient (Wildman–Crippen LogP) is 3.11. The molecule has 0 aliphatic carbocycles. The van der Waals surface area contributed by atoms with Gasteiger partial charge in [-0.05, 0) is 18.2 Å². The van der Waals surface area contributed by atoms with Crippen molar-refractivity contribution < 1.29 is 22.7 Å². The van der Waals surface area contributed by atoms with Crippen molar-refractivity contribution in [1.82, 2.24) is 29.8 Å². The standard InChI is InChI=1S/C20H16F4N6O/c1-12(18-8-30(28-27-18)19-7-14(22)3-5-16(19)23)20(31,9-29-11-25-10-26-29)15-4-2-13(21)6-17(15)24/h2-8,10-12,31H,9H2,1H3/t12-,20+/m0/s1. The Hall–Kier alpha value is -3.60. The van der Waals surface area contributed by atoms with Crippen molar-refractivity contribution in [2.75, 3.05) is 0 Å². The maximum Gasteiger partial charge on any atom is 0.149 e. The van der Waals surface area contributed by atoms with E-state index in [1.165, 1.54) is 23.5 Å². The van der Waals surface area contributed by atoms with E-state index >= 15 is 0 Å². The second kappa shape index (κ2) is 7.91. The third kappa shape index (κ3) is 3.91. The van der Waals surface area contributed by atoms with Gasteiger partial charge in [0.25, 0.3) is 0 Å². The number of nitrogens with zero attached hydrogens (tertiary/aromatic N) is 6. The van der Waals surface area contributed by atoms with Gasteiger partial charge >= 0.3 is 0 Å². The van der Waals surface area contributed by atoms with E-state index in [1.807, 2.05) is 0 Å². The normalized spacial score (nSPS) is 14.4. The molecule has 0 aliphatic rings. The second-order valence-electron chi connectivity index (χ2n) is 7.05. The molecule has 2 aromatic heterocycles. The van der Waals surface area contributed by atoms with E-state index in [1.54, 1.807) is 6.92 Å². The molecule has 2 atom stereocenters. The van der Waals surface area contributed by atoms with Gasteiger partial charge in [0.15, 0.2) is 0 Å². The summed E-state index contributed by atoms with van der Waals surface area (Å²) < 4.78 is 58.0.